The summed E-state index contributed by atoms with van der Waals surface area (Å²) in [5, 5.41) is 33.2. The summed E-state index contributed by atoms with van der Waals surface area (Å²) in [6.45, 7) is 14.8. The fourth-order valence-electron chi connectivity index (χ4n) is 7.63. The minimum absolute atomic E-state index is 0.0198. The van der Waals surface area contributed by atoms with E-state index in [-0.39, 0.29) is 47.1 Å². The van der Waals surface area contributed by atoms with Crippen LogP contribution in [0.5, 0.6) is 11.5 Å². The van der Waals surface area contributed by atoms with Crippen molar-refractivity contribution < 1.29 is 33.7 Å². The molecule has 334 valence electrons. The van der Waals surface area contributed by atoms with Gasteiger partial charge in [-0.3, -0.25) is 9.59 Å². The lowest BCUT2D eigenvalue weighted by Gasteiger charge is -2.40. The number of pyridine rings is 1. The molecule has 0 saturated heterocycles. The van der Waals surface area contributed by atoms with E-state index in [0.717, 1.165) is 35.8 Å². The van der Waals surface area contributed by atoms with E-state index < -0.39 is 19.9 Å². The Morgan fingerprint density at radius 3 is 2.23 bits per heavy atom. The van der Waals surface area contributed by atoms with E-state index >= 15 is 0 Å². The molecule has 1 fully saturated rings. The Morgan fingerprint density at radius 2 is 1.61 bits per heavy atom. The second-order valence-corrected chi connectivity index (χ2v) is 24.6. The van der Waals surface area contributed by atoms with Crippen LogP contribution in [0.15, 0.2) is 88.4 Å². The van der Waals surface area contributed by atoms with Crippen molar-refractivity contribution in [2.24, 2.45) is 0 Å². The van der Waals surface area contributed by atoms with Crippen LogP contribution in [0.25, 0.3) is 10.9 Å². The smallest absolute Gasteiger partial charge is 0.349 e. The van der Waals surface area contributed by atoms with E-state index in [1.54, 1.807) is 24.3 Å². The number of hydrogen-bond acceptors (Lipinski definition) is 12. The first-order valence-corrected chi connectivity index (χ1v) is 26.1. The number of nitrogens with one attached hydrogen (secondary N) is 3. The molecule has 5 aromatic rings. The highest BCUT2D eigenvalue weighted by Crippen LogP contribution is 2.42. The van der Waals surface area contributed by atoms with E-state index in [1.807, 2.05) is 60.3 Å². The van der Waals surface area contributed by atoms with Crippen molar-refractivity contribution in [3.05, 3.63) is 115 Å². The number of rotatable bonds is 19. The van der Waals surface area contributed by atoms with Gasteiger partial charge in [-0.25, -0.2) is 4.79 Å². The highest BCUT2D eigenvalue weighted by molar-refractivity contribution is 7.12. The fraction of sp³-hybridized carbons (Fsp3) is 0.468. The summed E-state index contributed by atoms with van der Waals surface area (Å²) in [6, 6.07) is 22.1. The quantitative estimate of drug-likeness (QED) is 0.0408. The molecule has 3 aromatic heterocycles. The molecule has 5 N–H and O–H groups in total. The number of thiophene rings is 2. The number of phenols is 1. The fourth-order valence-corrected chi connectivity index (χ4v) is 10.6. The average molecular weight is 903 g/mol. The van der Waals surface area contributed by atoms with Gasteiger partial charge < -0.3 is 44.6 Å². The molecule has 1 aliphatic carbocycles. The van der Waals surface area contributed by atoms with Crippen molar-refractivity contribution in [3.8, 4) is 11.5 Å². The normalized spacial score (nSPS) is 17.2. The molecule has 1 saturated carbocycles. The summed E-state index contributed by atoms with van der Waals surface area (Å²) in [5.74, 6) is -0.180. The summed E-state index contributed by atoms with van der Waals surface area (Å²) in [5.41, 5.74) is 0.355. The lowest BCUT2D eigenvalue weighted by Crippen LogP contribution is -2.44. The number of benzene rings is 2. The standard InChI is InChI=1S/C47H62N4O8S2Si/c1-31(49-29-39(59-62(6,7)46(2,3)4)36-20-22-38(52)44-37(36)21-23-42(53)50-44)28-32-12-16-34(17-13-32)57-30-43(54)48-24-25-51(5)33-14-18-35(19-15-33)58-45(55)47(56,40-10-8-26-60-40)41-11-9-27-61-41/h8-13,16-17,20-23,26-27,31,33,35,39,49,52,56H,14-15,18-19,24-25,28-30H2,1-7H3,(H,48,54)(H,50,53)/t31?,33-,35-,39-/m0/s1. The number of aliphatic hydroxyl groups is 1. The SMILES string of the molecule is CC(Cc1ccc(OCC(=O)NCCN(C)[C@H]2CC[C@H](OC(=O)C(O)(c3cccs3)c3cccs3)CC2)cc1)NC[C@H](O[Si](C)(C)C(C)(C)C)c1ccc(O)c2[nH]c(=O)ccc12. The van der Waals surface area contributed by atoms with Crippen LogP contribution >= 0.6 is 22.7 Å². The van der Waals surface area contributed by atoms with Gasteiger partial charge in [-0.05, 0) is 122 Å². The molecule has 0 spiro atoms. The van der Waals surface area contributed by atoms with Crippen LogP contribution in [-0.4, -0.2) is 91.8 Å². The number of aromatic amines is 1. The maximum atomic E-state index is 13.4. The van der Waals surface area contributed by atoms with Crippen LogP contribution in [-0.2, 0) is 30.8 Å². The van der Waals surface area contributed by atoms with Gasteiger partial charge in [-0.15, -0.1) is 22.7 Å². The van der Waals surface area contributed by atoms with Gasteiger partial charge in [0, 0.05) is 43.2 Å². The van der Waals surface area contributed by atoms with Gasteiger partial charge >= 0.3 is 5.97 Å². The molecule has 12 nitrogen and oxygen atoms in total. The number of esters is 1. The van der Waals surface area contributed by atoms with Crippen molar-refractivity contribution in [1.82, 2.24) is 20.5 Å². The van der Waals surface area contributed by atoms with Crippen LogP contribution < -0.4 is 20.9 Å². The summed E-state index contributed by atoms with van der Waals surface area (Å²) in [4.78, 5) is 44.3. The molecule has 2 atom stereocenters. The molecular weight excluding hydrogens is 841 g/mol. The third-order valence-electron chi connectivity index (χ3n) is 12.4. The molecular formula is C47H62N4O8S2Si. The average Bonchev–Trinajstić information content (AvgIpc) is 3.99. The summed E-state index contributed by atoms with van der Waals surface area (Å²) in [6.07, 6.45) is 3.29. The lowest BCUT2D eigenvalue weighted by atomic mass is 9.91. The number of carbonyl (C=O) groups excluding carboxylic acids is 2. The second-order valence-electron chi connectivity index (χ2n) is 17.9. The minimum atomic E-state index is -2.21. The van der Waals surface area contributed by atoms with Gasteiger partial charge in [-0.2, -0.15) is 0 Å². The highest BCUT2D eigenvalue weighted by Gasteiger charge is 2.45. The Labute approximate surface area is 373 Å². The summed E-state index contributed by atoms with van der Waals surface area (Å²) < 4.78 is 18.7. The van der Waals surface area contributed by atoms with Crippen molar-refractivity contribution in [3.63, 3.8) is 0 Å². The van der Waals surface area contributed by atoms with Gasteiger partial charge in [-0.1, -0.05) is 51.1 Å². The second kappa shape index (κ2) is 20.4. The summed E-state index contributed by atoms with van der Waals surface area (Å²) >= 11 is 2.67. The first-order chi connectivity index (χ1) is 29.4. The Kier molecular flexibility index (Phi) is 15.5. The first kappa shape index (κ1) is 47.1. The minimum Gasteiger partial charge on any atom is -0.506 e. The molecule has 1 unspecified atom stereocenters. The van der Waals surface area contributed by atoms with Gasteiger partial charge in [0.1, 0.15) is 17.6 Å². The van der Waals surface area contributed by atoms with Gasteiger partial charge in [0.2, 0.25) is 11.2 Å². The molecule has 0 aliphatic heterocycles. The molecule has 1 amide bonds. The molecule has 1 aliphatic rings. The summed E-state index contributed by atoms with van der Waals surface area (Å²) in [7, 11) is -0.164. The molecule has 3 heterocycles. The Hall–Kier alpha value is -4.35. The van der Waals surface area contributed by atoms with Gasteiger partial charge in [0.05, 0.1) is 21.4 Å². The van der Waals surface area contributed by atoms with Gasteiger partial charge in [0.25, 0.3) is 5.91 Å². The van der Waals surface area contributed by atoms with Crippen molar-refractivity contribution in [2.45, 2.75) is 108 Å². The van der Waals surface area contributed by atoms with Crippen LogP contribution in [0.1, 0.15) is 80.4 Å². The molecule has 2 aromatic carbocycles. The molecule has 0 bridgehead atoms. The van der Waals surface area contributed by atoms with Crippen molar-refractivity contribution in [1.29, 1.82) is 0 Å². The van der Waals surface area contributed by atoms with Crippen LogP contribution in [0.3, 0.4) is 0 Å². The lowest BCUT2D eigenvalue weighted by molar-refractivity contribution is -0.169. The topological polar surface area (TPSA) is 162 Å². The number of ether oxygens (including phenoxy) is 2. The number of aromatic nitrogens is 1. The van der Waals surface area contributed by atoms with Crippen molar-refractivity contribution in [2.75, 3.05) is 33.3 Å². The van der Waals surface area contributed by atoms with E-state index in [9.17, 15) is 24.6 Å². The molecule has 62 heavy (non-hydrogen) atoms. The third-order valence-corrected chi connectivity index (χ3v) is 18.8. The van der Waals surface area contributed by atoms with E-state index in [2.05, 4.69) is 61.3 Å². The predicted molar refractivity (Wildman–Crippen MR) is 250 cm³/mol. The number of nitrogens with zero attached hydrogens (tertiary/aromatic N) is 1. The maximum Gasteiger partial charge on any atom is 0.349 e. The maximum absolute atomic E-state index is 13.4. The van der Waals surface area contributed by atoms with E-state index in [4.69, 9.17) is 13.9 Å². The monoisotopic (exact) mass is 902 g/mol. The van der Waals surface area contributed by atoms with Crippen LogP contribution in [0.4, 0.5) is 0 Å². The van der Waals surface area contributed by atoms with Crippen LogP contribution in [0, 0.1) is 0 Å². The Morgan fingerprint density at radius 1 is 0.952 bits per heavy atom. The molecule has 0 radical (unpaired) electrons. The Bertz CT molecular complexity index is 2250. The van der Waals surface area contributed by atoms with Crippen LogP contribution in [0.2, 0.25) is 18.1 Å². The van der Waals surface area contributed by atoms with Crippen molar-refractivity contribution >= 4 is 53.8 Å². The number of fused-ring (bicyclic) bond motifs is 1. The zero-order chi connectivity index (χ0) is 44.7. The predicted octanol–water partition coefficient (Wildman–Crippen LogP) is 7.86. The number of H-pyrrole nitrogens is 1. The number of hydrogen-bond donors (Lipinski definition) is 5. The number of amides is 1. The third kappa shape index (κ3) is 11.6. The first-order valence-electron chi connectivity index (χ1n) is 21.4. The number of phenolic OH excluding ortho intramolecular Hbond substituents is 1. The molecule has 15 heteroatoms. The van der Waals surface area contributed by atoms with E-state index in [1.165, 1.54) is 28.7 Å². The zero-order valence-corrected chi connectivity index (χ0v) is 39.5. The number of likely N-dealkylation sites (N-methyl/N-ethyl adjacent to an activating group) is 1. The van der Waals surface area contributed by atoms with Gasteiger partial charge in [0.15, 0.2) is 14.9 Å². The van der Waals surface area contributed by atoms with E-state index in [0.29, 0.717) is 59.5 Å². The largest absolute Gasteiger partial charge is 0.506 e. The number of aromatic hydroxyl groups is 1. The molecule has 6 rings (SSSR count). The zero-order valence-electron chi connectivity index (χ0n) is 36.9. The highest BCUT2D eigenvalue weighted by atomic mass is 32.1. The Balaban J connectivity index is 0.916. The number of carbonyl (C=O) groups is 2.